The van der Waals surface area contributed by atoms with Crippen molar-refractivity contribution >= 4 is 46.3 Å². The van der Waals surface area contributed by atoms with E-state index in [2.05, 4.69) is 37.0 Å². The molecule has 0 bridgehead atoms. The highest BCUT2D eigenvalue weighted by atomic mass is 32.2. The summed E-state index contributed by atoms with van der Waals surface area (Å²) in [6, 6.07) is 9.72. The van der Waals surface area contributed by atoms with Crippen molar-refractivity contribution in [3.8, 4) is 5.88 Å². The number of ether oxygens (including phenoxy) is 1. The first kappa shape index (κ1) is 23.3. The number of nitrogens with one attached hydrogen (secondary N) is 2. The minimum absolute atomic E-state index is 0.0493. The molecule has 3 aromatic rings. The van der Waals surface area contributed by atoms with Gasteiger partial charge in [0.15, 0.2) is 0 Å². The van der Waals surface area contributed by atoms with E-state index in [4.69, 9.17) is 4.74 Å². The fraction of sp³-hybridized carbons (Fsp3) is 0.375. The van der Waals surface area contributed by atoms with E-state index in [9.17, 15) is 9.18 Å². The lowest BCUT2D eigenvalue weighted by Crippen LogP contribution is -2.26. The van der Waals surface area contributed by atoms with Crippen LogP contribution < -0.4 is 14.8 Å². The number of hydrogen-bond donors (Lipinski definition) is 2. The summed E-state index contributed by atoms with van der Waals surface area (Å²) in [5.41, 5.74) is 2.74. The van der Waals surface area contributed by atoms with Crippen LogP contribution >= 0.6 is 23.7 Å². The maximum atomic E-state index is 14.6. The lowest BCUT2D eigenvalue weighted by Gasteiger charge is -2.18. The summed E-state index contributed by atoms with van der Waals surface area (Å²) in [5, 5.41) is 2.94. The molecule has 0 saturated carbocycles. The van der Waals surface area contributed by atoms with Gasteiger partial charge in [-0.05, 0) is 61.5 Å². The number of aromatic nitrogens is 2. The second kappa shape index (κ2) is 10.5. The second-order valence-corrected chi connectivity index (χ2v) is 10.4. The third-order valence-corrected chi connectivity index (χ3v) is 8.02. The molecule has 34 heavy (non-hydrogen) atoms. The molecule has 1 amide bonds. The summed E-state index contributed by atoms with van der Waals surface area (Å²) >= 11 is 3.17. The topological polar surface area (TPSA) is 79.4 Å². The van der Waals surface area contributed by atoms with Crippen LogP contribution in [0, 0.1) is 11.7 Å². The zero-order chi connectivity index (χ0) is 23.5. The largest absolute Gasteiger partial charge is 0.481 e. The molecule has 1 atom stereocenters. The lowest BCUT2D eigenvalue weighted by molar-refractivity contribution is -0.113. The van der Waals surface area contributed by atoms with E-state index in [0.29, 0.717) is 40.6 Å². The highest BCUT2D eigenvalue weighted by Crippen LogP contribution is 2.34. The Kier molecular flexibility index (Phi) is 7.19. The Hall–Kier alpha value is -2.40. The number of halogens is 1. The maximum Gasteiger partial charge on any atom is 0.234 e. The first-order valence-corrected chi connectivity index (χ1v) is 13.1. The Morgan fingerprint density at radius 2 is 2.26 bits per heavy atom. The molecule has 0 spiro atoms. The molecular weight excluding hydrogens is 473 g/mol. The molecular formula is C24H26FN5O2S2. The number of pyridine rings is 2. The first-order chi connectivity index (χ1) is 16.6. The molecule has 1 fully saturated rings. The molecule has 2 aliphatic heterocycles. The molecule has 10 heteroatoms. The van der Waals surface area contributed by atoms with Gasteiger partial charge in [0.25, 0.3) is 0 Å². The quantitative estimate of drug-likeness (QED) is 0.451. The fourth-order valence-corrected chi connectivity index (χ4v) is 5.94. The number of amides is 1. The van der Waals surface area contributed by atoms with Crippen LogP contribution in [-0.2, 0) is 11.2 Å². The van der Waals surface area contributed by atoms with E-state index < -0.39 is 0 Å². The molecule has 0 radical (unpaired) electrons. The lowest BCUT2D eigenvalue weighted by atomic mass is 10.1. The van der Waals surface area contributed by atoms with Gasteiger partial charge in [0.05, 0.1) is 35.8 Å². The van der Waals surface area contributed by atoms with Crippen molar-refractivity contribution in [2.24, 2.45) is 5.92 Å². The number of carbonyl (C=O) groups is 1. The van der Waals surface area contributed by atoms with Crippen molar-refractivity contribution < 1.29 is 13.9 Å². The zero-order valence-corrected chi connectivity index (χ0v) is 20.5. The SMILES string of the molecule is COc1ccc2ncc(F)c(CCN3CC[C@H](CNSc4ccc5c(c4)NC(=O)CS5)C3)c2n1. The van der Waals surface area contributed by atoms with Crippen LogP contribution in [0.2, 0.25) is 0 Å². The summed E-state index contributed by atoms with van der Waals surface area (Å²) in [7, 11) is 1.56. The van der Waals surface area contributed by atoms with Crippen molar-refractivity contribution in [3.63, 3.8) is 0 Å². The van der Waals surface area contributed by atoms with Gasteiger partial charge in [0.2, 0.25) is 11.8 Å². The van der Waals surface area contributed by atoms with Crippen molar-refractivity contribution in [2.45, 2.75) is 22.6 Å². The molecule has 1 aromatic carbocycles. The molecule has 2 aromatic heterocycles. The summed E-state index contributed by atoms with van der Waals surface area (Å²) in [6.07, 6.45) is 2.97. The number of anilines is 1. The molecule has 1 saturated heterocycles. The van der Waals surface area contributed by atoms with E-state index in [1.165, 1.54) is 6.20 Å². The number of hydrogen-bond acceptors (Lipinski definition) is 8. The molecule has 7 nitrogen and oxygen atoms in total. The van der Waals surface area contributed by atoms with E-state index in [1.807, 2.05) is 12.1 Å². The van der Waals surface area contributed by atoms with Gasteiger partial charge < -0.3 is 15.0 Å². The molecule has 4 heterocycles. The van der Waals surface area contributed by atoms with Gasteiger partial charge in [0.1, 0.15) is 5.82 Å². The van der Waals surface area contributed by atoms with Gasteiger partial charge >= 0.3 is 0 Å². The number of methoxy groups -OCH3 is 1. The molecule has 0 unspecified atom stereocenters. The minimum Gasteiger partial charge on any atom is -0.481 e. The molecule has 5 rings (SSSR count). The Morgan fingerprint density at radius 1 is 1.35 bits per heavy atom. The predicted octanol–water partition coefficient (Wildman–Crippen LogP) is 3.98. The number of likely N-dealkylation sites (tertiary alicyclic amines) is 1. The zero-order valence-electron chi connectivity index (χ0n) is 18.8. The Labute approximate surface area is 206 Å². The number of rotatable bonds is 8. The van der Waals surface area contributed by atoms with Crippen molar-refractivity contribution in [3.05, 3.63) is 47.9 Å². The van der Waals surface area contributed by atoms with Crippen LogP contribution in [0.4, 0.5) is 10.1 Å². The van der Waals surface area contributed by atoms with Crippen molar-refractivity contribution in [2.75, 3.05) is 44.4 Å². The van der Waals surface area contributed by atoms with Gasteiger partial charge in [-0.15, -0.1) is 11.8 Å². The number of benzene rings is 1. The Bertz CT molecular complexity index is 1210. The smallest absolute Gasteiger partial charge is 0.234 e. The average molecular weight is 500 g/mol. The third-order valence-electron chi connectivity index (χ3n) is 6.14. The fourth-order valence-electron chi connectivity index (χ4n) is 4.35. The van der Waals surface area contributed by atoms with Gasteiger partial charge in [-0.3, -0.25) is 14.5 Å². The maximum absolute atomic E-state index is 14.6. The van der Waals surface area contributed by atoms with Crippen LogP contribution in [0.5, 0.6) is 5.88 Å². The van der Waals surface area contributed by atoms with Crippen molar-refractivity contribution in [1.29, 1.82) is 0 Å². The number of nitrogens with zero attached hydrogens (tertiary/aromatic N) is 3. The van der Waals surface area contributed by atoms with Gasteiger partial charge in [-0.25, -0.2) is 9.37 Å². The van der Waals surface area contributed by atoms with E-state index in [-0.39, 0.29) is 11.7 Å². The summed E-state index contributed by atoms with van der Waals surface area (Å²) < 4.78 is 23.3. The van der Waals surface area contributed by atoms with E-state index in [0.717, 1.165) is 48.1 Å². The van der Waals surface area contributed by atoms with Crippen LogP contribution in [-0.4, -0.2) is 59.8 Å². The highest BCUT2D eigenvalue weighted by molar-refractivity contribution is 8.00. The Balaban J connectivity index is 1.12. The standard InChI is InChI=1S/C24H26FN5O2S2/c1-32-23-5-3-19-24(29-23)17(18(25)12-26-19)7-9-30-8-6-15(13-30)11-27-34-16-2-4-21-20(10-16)28-22(31)14-33-21/h2-5,10,12,15,27H,6-9,11,13-14H2,1H3,(H,28,31)/t15-/m1/s1. The summed E-state index contributed by atoms with van der Waals surface area (Å²) in [5.74, 6) is 1.21. The average Bonchev–Trinajstić information content (AvgIpc) is 3.30. The van der Waals surface area contributed by atoms with Gasteiger partial charge in [-0.2, -0.15) is 0 Å². The Morgan fingerprint density at radius 3 is 3.15 bits per heavy atom. The van der Waals surface area contributed by atoms with E-state index >= 15 is 0 Å². The highest BCUT2D eigenvalue weighted by Gasteiger charge is 2.23. The van der Waals surface area contributed by atoms with Gasteiger partial charge in [-0.1, -0.05) is 0 Å². The molecule has 178 valence electrons. The summed E-state index contributed by atoms with van der Waals surface area (Å²) in [6.45, 7) is 3.65. The number of thioether (sulfide) groups is 1. The first-order valence-electron chi connectivity index (χ1n) is 11.3. The van der Waals surface area contributed by atoms with E-state index in [1.54, 1.807) is 36.9 Å². The molecule has 0 aliphatic carbocycles. The third kappa shape index (κ3) is 5.30. The summed E-state index contributed by atoms with van der Waals surface area (Å²) in [4.78, 5) is 24.8. The predicted molar refractivity (Wildman–Crippen MR) is 134 cm³/mol. The van der Waals surface area contributed by atoms with Gasteiger partial charge in [0, 0.05) is 41.1 Å². The monoisotopic (exact) mass is 499 g/mol. The van der Waals surface area contributed by atoms with Crippen LogP contribution in [0.25, 0.3) is 11.0 Å². The second-order valence-electron chi connectivity index (χ2n) is 8.46. The minimum atomic E-state index is -0.318. The number of fused-ring (bicyclic) bond motifs is 2. The van der Waals surface area contributed by atoms with Crippen LogP contribution in [0.3, 0.4) is 0 Å². The molecule has 2 N–H and O–H groups in total. The normalized spacial score (nSPS) is 18.2. The van der Waals surface area contributed by atoms with Crippen molar-refractivity contribution in [1.82, 2.24) is 19.6 Å². The molecule has 2 aliphatic rings. The number of carbonyl (C=O) groups excluding carboxylic acids is 1. The van der Waals surface area contributed by atoms with Crippen LogP contribution in [0.1, 0.15) is 12.0 Å². The van der Waals surface area contributed by atoms with Crippen LogP contribution in [0.15, 0.2) is 46.3 Å².